The van der Waals surface area contributed by atoms with Gasteiger partial charge in [-0.1, -0.05) is 0 Å². The van der Waals surface area contributed by atoms with E-state index in [2.05, 4.69) is 32.0 Å². The maximum atomic E-state index is 5.16. The molecule has 0 saturated heterocycles. The Hall–Kier alpha value is -1.82. The number of aromatic amines is 1. The molecule has 1 unspecified atom stereocenters. The summed E-state index contributed by atoms with van der Waals surface area (Å²) in [5, 5.41) is 9.86. The molecule has 2 aromatic rings. The Balaban J connectivity index is 2.21. The molecule has 0 amide bonds. The minimum Gasteiger partial charge on any atom is -0.383 e. The Labute approximate surface area is 100 Å². The van der Waals surface area contributed by atoms with Crippen molar-refractivity contribution in [1.29, 1.82) is 0 Å². The fourth-order valence-electron chi connectivity index (χ4n) is 1.71. The van der Waals surface area contributed by atoms with Gasteiger partial charge in [-0.3, -0.25) is 5.10 Å². The van der Waals surface area contributed by atoms with Crippen LogP contribution < -0.4 is 5.32 Å². The average molecular weight is 235 g/mol. The monoisotopic (exact) mass is 235 g/mol. The van der Waals surface area contributed by atoms with Crippen molar-refractivity contribution < 1.29 is 4.74 Å². The third-order valence-electron chi connectivity index (χ3n) is 2.49. The van der Waals surface area contributed by atoms with E-state index >= 15 is 0 Å². The lowest BCUT2D eigenvalue weighted by atomic mass is 10.3. The third kappa shape index (κ3) is 2.65. The van der Waals surface area contributed by atoms with E-state index in [1.165, 1.54) is 0 Å². The molecule has 2 rings (SSSR count). The zero-order valence-electron chi connectivity index (χ0n) is 10.3. The fraction of sp³-hybridized carbons (Fsp3) is 0.455. The Bertz CT molecular complexity index is 462. The van der Waals surface area contributed by atoms with Gasteiger partial charge in [0.15, 0.2) is 0 Å². The molecular weight excluding hydrogens is 218 g/mol. The maximum Gasteiger partial charge on any atom is 0.207 e. The molecule has 0 aliphatic rings. The van der Waals surface area contributed by atoms with Gasteiger partial charge in [0.1, 0.15) is 0 Å². The molecule has 0 aliphatic carbocycles. The predicted octanol–water partition coefficient (Wildman–Crippen LogP) is 1.87. The van der Waals surface area contributed by atoms with E-state index in [0.29, 0.717) is 6.61 Å². The molecule has 0 bridgehead atoms. The molecule has 2 N–H and O–H groups in total. The number of methoxy groups -OCH3 is 1. The first-order valence-corrected chi connectivity index (χ1v) is 5.51. The zero-order chi connectivity index (χ0) is 12.3. The minimum absolute atomic E-state index is 0.232. The number of nitrogens with one attached hydrogen (secondary N) is 2. The molecule has 0 fully saturated rings. The van der Waals surface area contributed by atoms with E-state index in [1.54, 1.807) is 19.5 Å². The summed E-state index contributed by atoms with van der Waals surface area (Å²) in [5.74, 6) is 0.799. The molecule has 6 nitrogen and oxygen atoms in total. The molecule has 17 heavy (non-hydrogen) atoms. The Kier molecular flexibility index (Phi) is 3.43. The number of nitrogens with zero attached hydrogens (tertiary/aromatic N) is 3. The molecule has 0 aliphatic heterocycles. The van der Waals surface area contributed by atoms with Crippen LogP contribution in [0.1, 0.15) is 18.7 Å². The molecule has 0 spiro atoms. The molecule has 0 radical (unpaired) electrons. The summed E-state index contributed by atoms with van der Waals surface area (Å²) in [4.78, 5) is 4.44. The summed E-state index contributed by atoms with van der Waals surface area (Å²) in [5.41, 5.74) is 1.86. The van der Waals surface area contributed by atoms with Gasteiger partial charge in [-0.2, -0.15) is 5.10 Å². The topological polar surface area (TPSA) is 67.8 Å². The Morgan fingerprint density at radius 2 is 2.41 bits per heavy atom. The van der Waals surface area contributed by atoms with Gasteiger partial charge in [-0.15, -0.1) is 0 Å². The molecular formula is C11H17N5O. The van der Waals surface area contributed by atoms with Gasteiger partial charge in [0.25, 0.3) is 0 Å². The molecule has 1 atom stereocenters. The van der Waals surface area contributed by atoms with E-state index in [4.69, 9.17) is 4.74 Å². The number of aryl methyl sites for hydroxylation is 1. The average Bonchev–Trinajstić information content (AvgIpc) is 2.89. The number of aromatic nitrogens is 4. The summed E-state index contributed by atoms with van der Waals surface area (Å²) < 4.78 is 7.22. The second-order valence-electron chi connectivity index (χ2n) is 4.03. The van der Waals surface area contributed by atoms with Gasteiger partial charge in [0, 0.05) is 19.5 Å². The molecule has 6 heteroatoms. The van der Waals surface area contributed by atoms with Crippen LogP contribution in [0.3, 0.4) is 0 Å². The van der Waals surface area contributed by atoms with E-state index in [9.17, 15) is 0 Å². The maximum absolute atomic E-state index is 5.16. The summed E-state index contributed by atoms with van der Waals surface area (Å²) in [6, 6.07) is 0.232. The van der Waals surface area contributed by atoms with Gasteiger partial charge in [0.2, 0.25) is 5.95 Å². The number of ether oxygens (including phenoxy) is 1. The van der Waals surface area contributed by atoms with Gasteiger partial charge in [-0.25, -0.2) is 4.98 Å². The number of H-pyrrole nitrogens is 1. The highest BCUT2D eigenvalue weighted by molar-refractivity contribution is 5.51. The van der Waals surface area contributed by atoms with Crippen LogP contribution >= 0.6 is 0 Å². The SMILES string of the molecule is COCC(C)n1cc(C)nc1Nc1cn[nH]c1. The minimum atomic E-state index is 0.232. The van der Waals surface area contributed by atoms with Crippen LogP contribution in [-0.4, -0.2) is 33.5 Å². The number of hydrogen-bond acceptors (Lipinski definition) is 4. The van der Waals surface area contributed by atoms with Crippen molar-refractivity contribution in [1.82, 2.24) is 19.7 Å². The smallest absolute Gasteiger partial charge is 0.207 e. The zero-order valence-corrected chi connectivity index (χ0v) is 10.3. The van der Waals surface area contributed by atoms with Gasteiger partial charge >= 0.3 is 0 Å². The van der Waals surface area contributed by atoms with Crippen LogP contribution in [0.25, 0.3) is 0 Å². The van der Waals surface area contributed by atoms with Gasteiger partial charge in [-0.05, 0) is 13.8 Å². The Morgan fingerprint density at radius 3 is 3.06 bits per heavy atom. The van der Waals surface area contributed by atoms with Crippen molar-refractivity contribution in [2.75, 3.05) is 19.0 Å². The lowest BCUT2D eigenvalue weighted by Gasteiger charge is -2.15. The lowest BCUT2D eigenvalue weighted by molar-refractivity contribution is 0.163. The second-order valence-corrected chi connectivity index (χ2v) is 4.03. The number of anilines is 2. The van der Waals surface area contributed by atoms with Crippen molar-refractivity contribution in [3.8, 4) is 0 Å². The number of hydrogen-bond donors (Lipinski definition) is 2. The highest BCUT2D eigenvalue weighted by Gasteiger charge is 2.12. The van der Waals surface area contributed by atoms with Crippen LogP contribution in [0.4, 0.5) is 11.6 Å². The number of imidazole rings is 1. The normalized spacial score (nSPS) is 12.6. The van der Waals surface area contributed by atoms with Crippen molar-refractivity contribution >= 4 is 11.6 Å². The highest BCUT2D eigenvalue weighted by Crippen LogP contribution is 2.19. The third-order valence-corrected chi connectivity index (χ3v) is 2.49. The molecule has 92 valence electrons. The van der Waals surface area contributed by atoms with E-state index in [0.717, 1.165) is 17.3 Å². The molecule has 0 aromatic carbocycles. The van der Waals surface area contributed by atoms with Crippen LogP contribution in [0.15, 0.2) is 18.6 Å². The van der Waals surface area contributed by atoms with Crippen LogP contribution in [0.2, 0.25) is 0 Å². The standard InChI is InChI=1S/C11H17N5O/c1-8-6-16(9(2)7-17-3)11(14-8)15-10-4-12-13-5-10/h4-6,9H,7H2,1-3H3,(H,12,13)(H,14,15). The summed E-state index contributed by atoms with van der Waals surface area (Å²) in [7, 11) is 1.70. The van der Waals surface area contributed by atoms with E-state index in [1.807, 2.05) is 13.1 Å². The molecule has 0 saturated carbocycles. The lowest BCUT2D eigenvalue weighted by Crippen LogP contribution is -2.12. The fourth-order valence-corrected chi connectivity index (χ4v) is 1.71. The van der Waals surface area contributed by atoms with Crippen molar-refractivity contribution in [3.63, 3.8) is 0 Å². The van der Waals surface area contributed by atoms with Gasteiger partial charge < -0.3 is 14.6 Å². The quantitative estimate of drug-likeness (QED) is 0.830. The van der Waals surface area contributed by atoms with Crippen LogP contribution in [0.5, 0.6) is 0 Å². The van der Waals surface area contributed by atoms with Crippen LogP contribution in [0, 0.1) is 6.92 Å². The first kappa shape index (κ1) is 11.7. The molecule has 2 aromatic heterocycles. The largest absolute Gasteiger partial charge is 0.383 e. The predicted molar refractivity (Wildman–Crippen MR) is 65.4 cm³/mol. The number of rotatable bonds is 5. The first-order chi connectivity index (χ1) is 8.20. The van der Waals surface area contributed by atoms with Crippen LogP contribution in [-0.2, 0) is 4.74 Å². The summed E-state index contributed by atoms with van der Waals surface area (Å²) in [6.45, 7) is 4.71. The van der Waals surface area contributed by atoms with Gasteiger partial charge in [0.05, 0.1) is 30.2 Å². The Morgan fingerprint density at radius 1 is 1.59 bits per heavy atom. The van der Waals surface area contributed by atoms with Crippen molar-refractivity contribution in [2.24, 2.45) is 0 Å². The summed E-state index contributed by atoms with van der Waals surface area (Å²) in [6.07, 6.45) is 5.51. The first-order valence-electron chi connectivity index (χ1n) is 5.51. The van der Waals surface area contributed by atoms with E-state index in [-0.39, 0.29) is 6.04 Å². The second kappa shape index (κ2) is 5.01. The highest BCUT2D eigenvalue weighted by atomic mass is 16.5. The van der Waals surface area contributed by atoms with Crippen molar-refractivity contribution in [2.45, 2.75) is 19.9 Å². The van der Waals surface area contributed by atoms with Crippen molar-refractivity contribution in [3.05, 3.63) is 24.3 Å². The summed E-state index contributed by atoms with van der Waals surface area (Å²) >= 11 is 0. The van der Waals surface area contributed by atoms with E-state index < -0.39 is 0 Å². The molecule has 2 heterocycles.